The van der Waals surface area contributed by atoms with Crippen LogP contribution in [0.2, 0.25) is 0 Å². The Morgan fingerprint density at radius 1 is 1.16 bits per heavy atom. The molecule has 1 N–H and O–H groups in total. The van der Waals surface area contributed by atoms with Crippen LogP contribution < -0.4 is 14.8 Å². The highest BCUT2D eigenvalue weighted by Crippen LogP contribution is 2.33. The molecule has 0 saturated carbocycles. The predicted octanol–water partition coefficient (Wildman–Crippen LogP) is 3.28. The van der Waals surface area contributed by atoms with Gasteiger partial charge in [0.25, 0.3) is 0 Å². The lowest BCUT2D eigenvalue weighted by atomic mass is 10.0. The number of rotatable bonds is 4. The molecule has 1 heterocycles. The van der Waals surface area contributed by atoms with E-state index in [1.807, 2.05) is 36.4 Å². The van der Waals surface area contributed by atoms with E-state index in [0.717, 1.165) is 30.3 Å². The van der Waals surface area contributed by atoms with E-state index in [1.165, 1.54) is 5.56 Å². The molecule has 0 spiro atoms. The minimum Gasteiger partial charge on any atom is -0.497 e. The van der Waals surface area contributed by atoms with Crippen molar-refractivity contribution in [1.82, 2.24) is 0 Å². The van der Waals surface area contributed by atoms with Crippen molar-refractivity contribution in [2.45, 2.75) is 5.92 Å². The minimum atomic E-state index is 0.415. The summed E-state index contributed by atoms with van der Waals surface area (Å²) in [6.07, 6.45) is 0. The smallest absolute Gasteiger partial charge is 0.122 e. The normalized spacial score (nSPS) is 16.6. The molecule has 0 aromatic heterocycles. The van der Waals surface area contributed by atoms with Gasteiger partial charge in [-0.3, -0.25) is 0 Å². The van der Waals surface area contributed by atoms with Crippen molar-refractivity contribution >= 4 is 5.69 Å². The summed E-state index contributed by atoms with van der Waals surface area (Å²) in [5.41, 5.74) is 2.40. The topological polar surface area (TPSA) is 30.5 Å². The number of ether oxygens (including phenoxy) is 2. The zero-order valence-corrected chi connectivity index (χ0v) is 10.9. The Balaban J connectivity index is 1.64. The molecule has 0 aliphatic carbocycles. The molecule has 98 valence electrons. The second-order valence-electron chi connectivity index (χ2n) is 4.66. The first-order valence-electron chi connectivity index (χ1n) is 6.46. The number of para-hydroxylation sites is 1. The molecular formula is C16H17NO2. The van der Waals surface area contributed by atoms with Crippen LogP contribution in [-0.4, -0.2) is 20.3 Å². The number of anilines is 1. The molecule has 2 aromatic rings. The number of hydrogen-bond donors (Lipinski definition) is 1. The van der Waals surface area contributed by atoms with Crippen LogP contribution in [0.1, 0.15) is 11.5 Å². The first kappa shape index (κ1) is 11.9. The number of hydrogen-bond acceptors (Lipinski definition) is 3. The molecule has 1 unspecified atom stereocenters. The molecule has 0 amide bonds. The van der Waals surface area contributed by atoms with Crippen LogP contribution in [0.4, 0.5) is 5.69 Å². The fraction of sp³-hybridized carbons (Fsp3) is 0.250. The van der Waals surface area contributed by atoms with Crippen LogP contribution >= 0.6 is 0 Å². The second kappa shape index (κ2) is 5.22. The fourth-order valence-electron chi connectivity index (χ4n) is 2.35. The summed E-state index contributed by atoms with van der Waals surface area (Å²) in [6, 6.07) is 16.2. The highest BCUT2D eigenvalue weighted by molar-refractivity contribution is 5.48. The van der Waals surface area contributed by atoms with Gasteiger partial charge in [-0.15, -0.1) is 0 Å². The highest BCUT2D eigenvalue weighted by atomic mass is 16.5. The average Bonchev–Trinajstić information content (AvgIpc) is 2.89. The van der Waals surface area contributed by atoms with Crippen LogP contribution in [0.25, 0.3) is 0 Å². The summed E-state index contributed by atoms with van der Waals surface area (Å²) in [4.78, 5) is 0. The molecule has 3 heteroatoms. The summed E-state index contributed by atoms with van der Waals surface area (Å²) >= 11 is 0. The van der Waals surface area contributed by atoms with E-state index in [2.05, 4.69) is 17.4 Å². The molecule has 0 bridgehead atoms. The van der Waals surface area contributed by atoms with Gasteiger partial charge in [0, 0.05) is 23.7 Å². The first-order valence-corrected chi connectivity index (χ1v) is 6.46. The van der Waals surface area contributed by atoms with Crippen LogP contribution in [0.5, 0.6) is 11.5 Å². The standard InChI is InChI=1S/C16H17NO2/c1-18-14-8-6-13(7-9-14)17-10-12-11-19-16-5-3-2-4-15(12)16/h2-9,12,17H,10-11H2,1H3. The molecule has 1 aliphatic heterocycles. The average molecular weight is 255 g/mol. The molecule has 3 rings (SSSR count). The summed E-state index contributed by atoms with van der Waals surface area (Å²) in [6.45, 7) is 1.63. The van der Waals surface area contributed by atoms with Gasteiger partial charge >= 0.3 is 0 Å². The van der Waals surface area contributed by atoms with Crippen molar-refractivity contribution < 1.29 is 9.47 Å². The van der Waals surface area contributed by atoms with Gasteiger partial charge in [-0.2, -0.15) is 0 Å². The van der Waals surface area contributed by atoms with Gasteiger partial charge in [0.15, 0.2) is 0 Å². The zero-order chi connectivity index (χ0) is 13.1. The Labute approximate surface area is 113 Å². The third kappa shape index (κ3) is 2.50. The number of methoxy groups -OCH3 is 1. The van der Waals surface area contributed by atoms with Crippen LogP contribution in [-0.2, 0) is 0 Å². The van der Waals surface area contributed by atoms with E-state index < -0.39 is 0 Å². The summed E-state index contributed by atoms with van der Waals surface area (Å²) in [5, 5.41) is 3.44. The monoisotopic (exact) mass is 255 g/mol. The van der Waals surface area contributed by atoms with E-state index >= 15 is 0 Å². The van der Waals surface area contributed by atoms with Crippen molar-refractivity contribution in [3.8, 4) is 11.5 Å². The number of fused-ring (bicyclic) bond motifs is 1. The Bertz CT molecular complexity index is 551. The van der Waals surface area contributed by atoms with E-state index in [4.69, 9.17) is 9.47 Å². The van der Waals surface area contributed by atoms with E-state index in [-0.39, 0.29) is 0 Å². The molecular weight excluding hydrogens is 238 g/mol. The van der Waals surface area contributed by atoms with Gasteiger partial charge in [0.05, 0.1) is 13.7 Å². The Morgan fingerprint density at radius 3 is 2.74 bits per heavy atom. The predicted molar refractivity (Wildman–Crippen MR) is 76.2 cm³/mol. The van der Waals surface area contributed by atoms with Crippen LogP contribution in [0.3, 0.4) is 0 Å². The lowest BCUT2D eigenvalue weighted by molar-refractivity contribution is 0.334. The highest BCUT2D eigenvalue weighted by Gasteiger charge is 2.22. The maximum absolute atomic E-state index is 5.68. The molecule has 0 saturated heterocycles. The van der Waals surface area contributed by atoms with Crippen molar-refractivity contribution in [2.24, 2.45) is 0 Å². The van der Waals surface area contributed by atoms with Crippen molar-refractivity contribution in [1.29, 1.82) is 0 Å². The molecule has 2 aromatic carbocycles. The van der Waals surface area contributed by atoms with Gasteiger partial charge in [-0.25, -0.2) is 0 Å². The fourth-order valence-corrected chi connectivity index (χ4v) is 2.35. The van der Waals surface area contributed by atoms with Crippen LogP contribution in [0, 0.1) is 0 Å². The molecule has 0 radical (unpaired) electrons. The van der Waals surface area contributed by atoms with Gasteiger partial charge in [-0.05, 0) is 30.3 Å². The Kier molecular flexibility index (Phi) is 3.27. The number of benzene rings is 2. The lowest BCUT2D eigenvalue weighted by Crippen LogP contribution is -2.13. The maximum Gasteiger partial charge on any atom is 0.122 e. The molecule has 19 heavy (non-hydrogen) atoms. The molecule has 3 nitrogen and oxygen atoms in total. The summed E-state index contributed by atoms with van der Waals surface area (Å²) in [7, 11) is 1.68. The maximum atomic E-state index is 5.68. The Morgan fingerprint density at radius 2 is 1.95 bits per heavy atom. The van der Waals surface area contributed by atoms with Crippen molar-refractivity contribution in [3.05, 3.63) is 54.1 Å². The van der Waals surface area contributed by atoms with E-state index in [9.17, 15) is 0 Å². The largest absolute Gasteiger partial charge is 0.497 e. The van der Waals surface area contributed by atoms with E-state index in [1.54, 1.807) is 7.11 Å². The lowest BCUT2D eigenvalue weighted by Gasteiger charge is -2.12. The second-order valence-corrected chi connectivity index (χ2v) is 4.66. The molecule has 0 fully saturated rings. The third-order valence-corrected chi connectivity index (χ3v) is 3.44. The first-order chi connectivity index (χ1) is 9.36. The van der Waals surface area contributed by atoms with Gasteiger partial charge in [-0.1, -0.05) is 18.2 Å². The quantitative estimate of drug-likeness (QED) is 0.909. The van der Waals surface area contributed by atoms with Crippen molar-refractivity contribution in [2.75, 3.05) is 25.6 Å². The van der Waals surface area contributed by atoms with Crippen molar-refractivity contribution in [3.63, 3.8) is 0 Å². The van der Waals surface area contributed by atoms with Crippen LogP contribution in [0.15, 0.2) is 48.5 Å². The molecule has 1 aliphatic rings. The van der Waals surface area contributed by atoms with Gasteiger partial charge in [0.1, 0.15) is 11.5 Å². The third-order valence-electron chi connectivity index (χ3n) is 3.44. The minimum absolute atomic E-state index is 0.415. The van der Waals surface area contributed by atoms with Gasteiger partial charge < -0.3 is 14.8 Å². The summed E-state index contributed by atoms with van der Waals surface area (Å²) < 4.78 is 10.8. The zero-order valence-electron chi connectivity index (χ0n) is 10.9. The molecule has 1 atom stereocenters. The van der Waals surface area contributed by atoms with Gasteiger partial charge in [0.2, 0.25) is 0 Å². The van der Waals surface area contributed by atoms with E-state index in [0.29, 0.717) is 5.92 Å². The SMILES string of the molecule is COc1ccc(NCC2COc3ccccc32)cc1. The Hall–Kier alpha value is -2.16. The number of nitrogens with one attached hydrogen (secondary N) is 1. The summed E-state index contributed by atoms with van der Waals surface area (Å²) in [5.74, 6) is 2.31.